The van der Waals surface area contributed by atoms with Gasteiger partial charge in [0.1, 0.15) is 5.82 Å². The smallest absolute Gasteiger partial charge is 0.339 e. The quantitative estimate of drug-likeness (QED) is 0.779. The summed E-state index contributed by atoms with van der Waals surface area (Å²) in [4.78, 5) is 23.5. The normalized spacial score (nSPS) is 10.2. The molecule has 0 saturated heterocycles. The van der Waals surface area contributed by atoms with Gasteiger partial charge < -0.3 is 10.1 Å². The Balaban J connectivity index is 1.84. The second kappa shape index (κ2) is 8.08. The number of benzene rings is 2. The van der Waals surface area contributed by atoms with Crippen molar-refractivity contribution in [2.75, 3.05) is 6.61 Å². The molecule has 0 fully saturated rings. The van der Waals surface area contributed by atoms with Crippen LogP contribution in [0.1, 0.15) is 15.9 Å². The van der Waals surface area contributed by atoms with E-state index in [1.807, 2.05) is 6.07 Å². The zero-order valence-corrected chi connectivity index (χ0v) is 14.2. The van der Waals surface area contributed by atoms with Crippen molar-refractivity contribution >= 4 is 39.4 Å². The second-order valence-corrected chi connectivity index (χ2v) is 5.90. The highest BCUT2D eigenvalue weighted by atomic mass is 79.9. The van der Waals surface area contributed by atoms with Gasteiger partial charge in [-0.05, 0) is 51.8 Å². The number of hydrogen-bond donors (Lipinski definition) is 1. The first-order chi connectivity index (χ1) is 11.0. The number of amides is 1. The summed E-state index contributed by atoms with van der Waals surface area (Å²) in [6.45, 7) is -0.192. The van der Waals surface area contributed by atoms with Gasteiger partial charge >= 0.3 is 5.97 Å². The van der Waals surface area contributed by atoms with E-state index in [-0.39, 0.29) is 12.1 Å². The maximum absolute atomic E-state index is 13.1. The third kappa shape index (κ3) is 5.33. The first-order valence-electron chi connectivity index (χ1n) is 6.59. The summed E-state index contributed by atoms with van der Waals surface area (Å²) < 4.78 is 18.4. The van der Waals surface area contributed by atoms with Crippen molar-refractivity contribution in [3.05, 3.63) is 68.9 Å². The van der Waals surface area contributed by atoms with Crippen molar-refractivity contribution in [3.8, 4) is 0 Å². The summed E-state index contributed by atoms with van der Waals surface area (Å²) in [5.41, 5.74) is 0.845. The number of rotatable bonds is 5. The summed E-state index contributed by atoms with van der Waals surface area (Å²) in [6, 6.07) is 10.7. The van der Waals surface area contributed by atoms with Crippen LogP contribution in [0, 0.1) is 5.82 Å². The van der Waals surface area contributed by atoms with Crippen LogP contribution in [0.4, 0.5) is 4.39 Å². The van der Waals surface area contributed by atoms with Gasteiger partial charge in [0.25, 0.3) is 5.91 Å². The van der Waals surface area contributed by atoms with Crippen LogP contribution in [0.3, 0.4) is 0 Å². The first kappa shape index (κ1) is 17.4. The van der Waals surface area contributed by atoms with Crippen molar-refractivity contribution in [3.63, 3.8) is 0 Å². The first-order valence-corrected chi connectivity index (χ1v) is 7.76. The van der Waals surface area contributed by atoms with Gasteiger partial charge in [0.2, 0.25) is 0 Å². The van der Waals surface area contributed by atoms with E-state index < -0.39 is 24.3 Å². The zero-order chi connectivity index (χ0) is 16.8. The van der Waals surface area contributed by atoms with Crippen molar-refractivity contribution in [2.24, 2.45) is 0 Å². The van der Waals surface area contributed by atoms with Crippen LogP contribution >= 0.6 is 27.5 Å². The Bertz CT molecular complexity index is 739. The standard InChI is InChI=1S/C16H12BrClFNO3/c17-14-5-4-12(19)7-13(14)16(22)23-9-15(21)20-8-10-2-1-3-11(18)6-10/h1-7H,8-9H2,(H,20,21). The average molecular weight is 401 g/mol. The molecule has 0 heterocycles. The molecule has 1 N–H and O–H groups in total. The number of nitrogens with one attached hydrogen (secondary N) is 1. The van der Waals surface area contributed by atoms with Crippen molar-refractivity contribution < 1.29 is 18.7 Å². The summed E-state index contributed by atoms with van der Waals surface area (Å²) in [7, 11) is 0. The number of esters is 1. The molecular weight excluding hydrogens is 389 g/mol. The van der Waals surface area contributed by atoms with E-state index in [4.69, 9.17) is 16.3 Å². The van der Waals surface area contributed by atoms with E-state index in [1.165, 1.54) is 12.1 Å². The number of hydrogen-bond acceptors (Lipinski definition) is 3. The molecule has 0 bridgehead atoms. The van der Waals surface area contributed by atoms with Gasteiger partial charge in [-0.1, -0.05) is 23.7 Å². The van der Waals surface area contributed by atoms with Crippen LogP contribution < -0.4 is 5.32 Å². The predicted molar refractivity (Wildman–Crippen MR) is 87.7 cm³/mol. The average Bonchev–Trinajstić information content (AvgIpc) is 2.53. The molecule has 0 saturated carbocycles. The molecule has 23 heavy (non-hydrogen) atoms. The van der Waals surface area contributed by atoms with Crippen molar-refractivity contribution in [2.45, 2.75) is 6.54 Å². The second-order valence-electron chi connectivity index (χ2n) is 4.61. The topological polar surface area (TPSA) is 55.4 Å². The summed E-state index contributed by atoms with van der Waals surface area (Å²) in [5.74, 6) is -1.81. The van der Waals surface area contributed by atoms with Gasteiger partial charge in [-0.3, -0.25) is 4.79 Å². The molecule has 0 aliphatic heterocycles. The Labute approximate surface area is 145 Å². The van der Waals surface area contributed by atoms with Crippen LogP contribution in [0.5, 0.6) is 0 Å². The Morgan fingerprint density at radius 2 is 2.00 bits per heavy atom. The lowest BCUT2D eigenvalue weighted by atomic mass is 10.2. The number of ether oxygens (including phenoxy) is 1. The minimum absolute atomic E-state index is 0.0210. The molecule has 0 aliphatic carbocycles. The summed E-state index contributed by atoms with van der Waals surface area (Å²) in [5, 5.41) is 3.17. The Morgan fingerprint density at radius 1 is 1.22 bits per heavy atom. The van der Waals surface area contributed by atoms with Crippen LogP contribution in [0.15, 0.2) is 46.9 Å². The fourth-order valence-corrected chi connectivity index (χ4v) is 2.38. The van der Waals surface area contributed by atoms with E-state index in [2.05, 4.69) is 21.2 Å². The molecule has 0 aliphatic rings. The van der Waals surface area contributed by atoms with Gasteiger partial charge in [0.15, 0.2) is 6.61 Å². The van der Waals surface area contributed by atoms with E-state index in [9.17, 15) is 14.0 Å². The molecule has 0 spiro atoms. The lowest BCUT2D eigenvalue weighted by Gasteiger charge is -2.08. The maximum atomic E-state index is 13.1. The van der Waals surface area contributed by atoms with E-state index in [1.54, 1.807) is 18.2 Å². The van der Waals surface area contributed by atoms with Crippen LogP contribution in [-0.2, 0) is 16.1 Å². The highest BCUT2D eigenvalue weighted by Crippen LogP contribution is 2.18. The molecule has 2 rings (SSSR count). The molecule has 1 amide bonds. The van der Waals surface area contributed by atoms with Gasteiger partial charge in [-0.25, -0.2) is 9.18 Å². The zero-order valence-electron chi connectivity index (χ0n) is 11.8. The molecule has 4 nitrogen and oxygen atoms in total. The van der Waals surface area contributed by atoms with Crippen LogP contribution in [0.25, 0.3) is 0 Å². The molecule has 0 aromatic heterocycles. The summed E-state index contributed by atoms with van der Waals surface area (Å²) >= 11 is 8.97. The highest BCUT2D eigenvalue weighted by molar-refractivity contribution is 9.10. The summed E-state index contributed by atoms with van der Waals surface area (Å²) in [6.07, 6.45) is 0. The fourth-order valence-electron chi connectivity index (χ4n) is 1.76. The number of carbonyl (C=O) groups excluding carboxylic acids is 2. The largest absolute Gasteiger partial charge is 0.452 e. The number of carbonyl (C=O) groups is 2. The van der Waals surface area contributed by atoms with Gasteiger partial charge in [-0.2, -0.15) is 0 Å². The fraction of sp³-hybridized carbons (Fsp3) is 0.125. The molecule has 0 unspecified atom stereocenters. The molecule has 0 radical (unpaired) electrons. The Morgan fingerprint density at radius 3 is 2.74 bits per heavy atom. The van der Waals surface area contributed by atoms with Crippen molar-refractivity contribution in [1.29, 1.82) is 0 Å². The third-order valence-corrected chi connectivity index (χ3v) is 3.79. The predicted octanol–water partition coefficient (Wildman–Crippen LogP) is 3.71. The molecule has 7 heteroatoms. The van der Waals surface area contributed by atoms with E-state index in [0.717, 1.165) is 11.6 Å². The highest BCUT2D eigenvalue weighted by Gasteiger charge is 2.14. The van der Waals surface area contributed by atoms with Gasteiger partial charge in [-0.15, -0.1) is 0 Å². The van der Waals surface area contributed by atoms with E-state index >= 15 is 0 Å². The molecule has 2 aromatic rings. The Kier molecular flexibility index (Phi) is 6.12. The Hall–Kier alpha value is -1.92. The monoisotopic (exact) mass is 399 g/mol. The molecule has 0 atom stereocenters. The molecular formula is C16H12BrClFNO3. The lowest BCUT2D eigenvalue weighted by Crippen LogP contribution is -2.28. The van der Waals surface area contributed by atoms with Crippen LogP contribution in [-0.4, -0.2) is 18.5 Å². The number of halogens is 3. The van der Waals surface area contributed by atoms with Crippen molar-refractivity contribution in [1.82, 2.24) is 5.32 Å². The minimum atomic E-state index is -0.783. The maximum Gasteiger partial charge on any atom is 0.339 e. The molecule has 120 valence electrons. The SMILES string of the molecule is O=C(COC(=O)c1cc(F)ccc1Br)NCc1cccc(Cl)c1. The third-order valence-electron chi connectivity index (χ3n) is 2.86. The van der Waals surface area contributed by atoms with Gasteiger partial charge in [0, 0.05) is 16.0 Å². The minimum Gasteiger partial charge on any atom is -0.452 e. The van der Waals surface area contributed by atoms with Gasteiger partial charge in [0.05, 0.1) is 5.56 Å². The van der Waals surface area contributed by atoms with Crippen LogP contribution in [0.2, 0.25) is 5.02 Å². The van der Waals surface area contributed by atoms with E-state index in [0.29, 0.717) is 9.50 Å². The lowest BCUT2D eigenvalue weighted by molar-refractivity contribution is -0.124. The molecule has 2 aromatic carbocycles.